The van der Waals surface area contributed by atoms with E-state index in [1.807, 2.05) is 26.8 Å². The summed E-state index contributed by atoms with van der Waals surface area (Å²) in [5.74, 6) is 0.497. The molecule has 1 N–H and O–H groups in total. The van der Waals surface area contributed by atoms with E-state index in [0.717, 1.165) is 50.0 Å². The van der Waals surface area contributed by atoms with Gasteiger partial charge in [-0.3, -0.25) is 0 Å². The molecule has 5 heteroatoms. The standard InChI is InChI=1S/C21H33FN2OS/c1-15(2)14-24-11-9-21(10-12-24)13-16-7-6-8-17(22)18(16)19(21)23-26(25)20(3,4)5/h6-8,15,19,23H,9-14H2,1-5H3/t19-,26?/m1/s1. The predicted octanol–water partition coefficient (Wildman–Crippen LogP) is 4.21. The van der Waals surface area contributed by atoms with Gasteiger partial charge in [-0.2, -0.15) is 0 Å². The quantitative estimate of drug-likeness (QED) is 0.795. The SMILES string of the molecule is CC(C)CN1CCC2(CC1)Cc1cccc(F)c1[C@H]2N[S+]([O-])C(C)(C)C. The molecular formula is C21H33FN2OS. The number of hydrogen-bond donors (Lipinski definition) is 1. The summed E-state index contributed by atoms with van der Waals surface area (Å²) in [6.07, 6.45) is 2.92. The van der Waals surface area contributed by atoms with E-state index in [2.05, 4.69) is 23.5 Å². The number of nitrogens with zero attached hydrogens (tertiary/aromatic N) is 1. The molecule has 1 aromatic rings. The van der Waals surface area contributed by atoms with Gasteiger partial charge in [0.25, 0.3) is 0 Å². The maximum Gasteiger partial charge on any atom is 0.136 e. The zero-order valence-electron chi connectivity index (χ0n) is 16.8. The molecule has 1 spiro atoms. The van der Waals surface area contributed by atoms with E-state index >= 15 is 0 Å². The molecule has 146 valence electrons. The van der Waals surface area contributed by atoms with Crippen molar-refractivity contribution in [2.24, 2.45) is 11.3 Å². The summed E-state index contributed by atoms with van der Waals surface area (Å²) >= 11 is -1.22. The number of hydrogen-bond acceptors (Lipinski definition) is 3. The van der Waals surface area contributed by atoms with Gasteiger partial charge in [0.2, 0.25) is 0 Å². The van der Waals surface area contributed by atoms with Crippen molar-refractivity contribution in [2.75, 3.05) is 19.6 Å². The second-order valence-electron chi connectivity index (χ2n) is 9.48. The van der Waals surface area contributed by atoms with Crippen molar-refractivity contribution in [1.82, 2.24) is 9.62 Å². The van der Waals surface area contributed by atoms with E-state index in [4.69, 9.17) is 0 Å². The maximum atomic E-state index is 14.7. The molecule has 1 unspecified atom stereocenters. The Balaban J connectivity index is 1.86. The topological polar surface area (TPSA) is 38.3 Å². The van der Waals surface area contributed by atoms with Gasteiger partial charge in [0.05, 0.1) is 6.04 Å². The summed E-state index contributed by atoms with van der Waals surface area (Å²) in [6.45, 7) is 13.6. The van der Waals surface area contributed by atoms with E-state index < -0.39 is 11.4 Å². The number of rotatable bonds is 4. The lowest BCUT2D eigenvalue weighted by Crippen LogP contribution is -2.50. The largest absolute Gasteiger partial charge is 0.598 e. The van der Waals surface area contributed by atoms with E-state index in [0.29, 0.717) is 5.92 Å². The smallest absolute Gasteiger partial charge is 0.136 e. The number of nitrogens with one attached hydrogen (secondary N) is 1. The summed E-state index contributed by atoms with van der Waals surface area (Å²) in [6, 6.07) is 5.22. The van der Waals surface area contributed by atoms with Gasteiger partial charge in [-0.15, -0.1) is 4.72 Å². The van der Waals surface area contributed by atoms with Crippen LogP contribution in [0.15, 0.2) is 18.2 Å². The Labute approximate surface area is 161 Å². The molecule has 1 aromatic carbocycles. The fraction of sp³-hybridized carbons (Fsp3) is 0.714. The van der Waals surface area contributed by atoms with E-state index in [-0.39, 0.29) is 22.0 Å². The van der Waals surface area contributed by atoms with Gasteiger partial charge in [-0.05, 0) is 70.7 Å². The molecule has 2 atom stereocenters. The highest BCUT2D eigenvalue weighted by Crippen LogP contribution is 2.53. The lowest BCUT2D eigenvalue weighted by molar-refractivity contribution is 0.0766. The molecule has 0 aromatic heterocycles. The fourth-order valence-electron chi connectivity index (χ4n) is 4.48. The summed E-state index contributed by atoms with van der Waals surface area (Å²) in [7, 11) is 0. The molecule has 0 saturated carbocycles. The Hall–Kier alpha value is -0.620. The molecule has 1 aliphatic carbocycles. The molecule has 0 radical (unpaired) electrons. The average Bonchev–Trinajstić information content (AvgIpc) is 2.83. The van der Waals surface area contributed by atoms with Gasteiger partial charge >= 0.3 is 0 Å². The lowest BCUT2D eigenvalue weighted by atomic mass is 9.73. The second-order valence-corrected chi connectivity index (χ2v) is 11.5. The predicted molar refractivity (Wildman–Crippen MR) is 107 cm³/mol. The molecule has 1 aliphatic heterocycles. The van der Waals surface area contributed by atoms with Gasteiger partial charge in [-0.25, -0.2) is 4.39 Å². The van der Waals surface area contributed by atoms with Crippen molar-refractivity contribution < 1.29 is 8.94 Å². The van der Waals surface area contributed by atoms with Crippen molar-refractivity contribution in [1.29, 1.82) is 0 Å². The molecule has 2 aliphatic rings. The van der Waals surface area contributed by atoms with Gasteiger partial charge < -0.3 is 9.45 Å². The number of benzene rings is 1. The van der Waals surface area contributed by atoms with Gasteiger partial charge in [0, 0.05) is 28.9 Å². The number of halogens is 1. The Morgan fingerprint density at radius 2 is 1.96 bits per heavy atom. The molecule has 0 amide bonds. The van der Waals surface area contributed by atoms with Crippen LogP contribution in [-0.2, 0) is 17.8 Å². The zero-order valence-corrected chi connectivity index (χ0v) is 17.6. The van der Waals surface area contributed by atoms with Crippen molar-refractivity contribution in [3.63, 3.8) is 0 Å². The molecule has 26 heavy (non-hydrogen) atoms. The minimum Gasteiger partial charge on any atom is -0.598 e. The first-order valence-electron chi connectivity index (χ1n) is 9.80. The van der Waals surface area contributed by atoms with E-state index in [1.165, 1.54) is 0 Å². The Bertz CT molecular complexity index is 635. The minimum absolute atomic E-state index is 0.0289. The molecular weight excluding hydrogens is 347 g/mol. The highest BCUT2D eigenvalue weighted by molar-refractivity contribution is 7.90. The molecule has 1 heterocycles. The Kier molecular flexibility index (Phi) is 5.74. The van der Waals surface area contributed by atoms with Crippen molar-refractivity contribution >= 4 is 11.4 Å². The van der Waals surface area contributed by atoms with Crippen LogP contribution in [0.1, 0.15) is 64.6 Å². The van der Waals surface area contributed by atoms with Crippen molar-refractivity contribution in [2.45, 2.75) is 64.7 Å². The first-order chi connectivity index (χ1) is 12.1. The first kappa shape index (κ1) is 20.1. The average molecular weight is 381 g/mol. The number of piperidine rings is 1. The second kappa shape index (κ2) is 7.42. The monoisotopic (exact) mass is 380 g/mol. The third-order valence-electron chi connectivity index (χ3n) is 5.84. The third-order valence-corrected chi connectivity index (χ3v) is 7.41. The van der Waals surface area contributed by atoms with Crippen LogP contribution in [0.2, 0.25) is 0 Å². The molecule has 3 rings (SSSR count). The van der Waals surface area contributed by atoms with Crippen LogP contribution in [-0.4, -0.2) is 33.8 Å². The molecule has 1 fully saturated rings. The van der Waals surface area contributed by atoms with Gasteiger partial charge in [-0.1, -0.05) is 26.0 Å². The van der Waals surface area contributed by atoms with Crippen LogP contribution in [0.3, 0.4) is 0 Å². The normalized spacial score (nSPS) is 24.2. The number of likely N-dealkylation sites (tertiary alicyclic amines) is 1. The van der Waals surface area contributed by atoms with Crippen molar-refractivity contribution in [3.05, 3.63) is 35.1 Å². The van der Waals surface area contributed by atoms with Crippen LogP contribution in [0.4, 0.5) is 4.39 Å². The van der Waals surface area contributed by atoms with Crippen molar-refractivity contribution in [3.8, 4) is 0 Å². The zero-order chi connectivity index (χ0) is 19.1. The minimum atomic E-state index is -1.22. The summed E-state index contributed by atoms with van der Waals surface area (Å²) in [5.41, 5.74) is 1.81. The highest BCUT2D eigenvalue weighted by Gasteiger charge is 2.51. The Morgan fingerprint density at radius 3 is 2.54 bits per heavy atom. The van der Waals surface area contributed by atoms with Crippen LogP contribution in [0.5, 0.6) is 0 Å². The van der Waals surface area contributed by atoms with Gasteiger partial charge in [0.1, 0.15) is 10.6 Å². The van der Waals surface area contributed by atoms with E-state index in [1.54, 1.807) is 12.1 Å². The first-order valence-corrected chi connectivity index (χ1v) is 10.9. The van der Waals surface area contributed by atoms with Crippen LogP contribution < -0.4 is 4.72 Å². The lowest BCUT2D eigenvalue weighted by Gasteiger charge is -2.44. The van der Waals surface area contributed by atoms with Crippen LogP contribution in [0, 0.1) is 17.2 Å². The summed E-state index contributed by atoms with van der Waals surface area (Å²) in [4.78, 5) is 2.52. The fourth-order valence-corrected chi connectivity index (χ4v) is 5.41. The number of fused-ring (bicyclic) bond motifs is 1. The Morgan fingerprint density at radius 1 is 1.31 bits per heavy atom. The van der Waals surface area contributed by atoms with E-state index in [9.17, 15) is 8.94 Å². The maximum absolute atomic E-state index is 14.7. The summed E-state index contributed by atoms with van der Waals surface area (Å²) in [5, 5.41) is 0. The summed E-state index contributed by atoms with van der Waals surface area (Å²) < 4.78 is 30.5. The molecule has 3 nitrogen and oxygen atoms in total. The van der Waals surface area contributed by atoms with Crippen LogP contribution >= 0.6 is 0 Å². The molecule has 1 saturated heterocycles. The van der Waals surface area contributed by atoms with Gasteiger partial charge in [0.15, 0.2) is 0 Å². The third kappa shape index (κ3) is 3.96. The van der Waals surface area contributed by atoms with Crippen LogP contribution in [0.25, 0.3) is 0 Å². The highest BCUT2D eigenvalue weighted by atomic mass is 32.2. The molecule has 0 bridgehead atoms.